The van der Waals surface area contributed by atoms with E-state index in [-0.39, 0.29) is 11.9 Å². The van der Waals surface area contributed by atoms with E-state index in [0.29, 0.717) is 36.9 Å². The van der Waals surface area contributed by atoms with Gasteiger partial charge >= 0.3 is 11.9 Å². The van der Waals surface area contributed by atoms with E-state index in [2.05, 4.69) is 19.9 Å². The Hall–Kier alpha value is -1.81. The zero-order valence-corrected chi connectivity index (χ0v) is 18.6. The van der Waals surface area contributed by atoms with Crippen molar-refractivity contribution in [3.63, 3.8) is 0 Å². The fourth-order valence-electron chi connectivity index (χ4n) is 2.50. The van der Waals surface area contributed by atoms with Crippen molar-refractivity contribution in [3.05, 3.63) is 6.33 Å². The first kappa shape index (κ1) is 23.5. The monoisotopic (exact) mass is 440 g/mol. The van der Waals surface area contributed by atoms with E-state index in [9.17, 15) is 9.59 Å². The Kier molecular flexibility index (Phi) is 10.9. The molecule has 2 aromatic heterocycles. The summed E-state index contributed by atoms with van der Waals surface area (Å²) in [6.45, 7) is 4.48. The number of esters is 2. The summed E-state index contributed by atoms with van der Waals surface area (Å²) in [6, 6.07) is 0. The molecule has 2 heterocycles. The first-order chi connectivity index (χ1) is 14.1. The Morgan fingerprint density at radius 1 is 0.931 bits per heavy atom. The number of nitrogens with zero attached hydrogens (tertiary/aromatic N) is 3. The number of carbonyl (C=O) groups excluding carboxylic acids is 2. The molecule has 0 amide bonds. The van der Waals surface area contributed by atoms with Crippen molar-refractivity contribution >= 4 is 46.6 Å². The second-order valence-electron chi connectivity index (χ2n) is 6.13. The highest BCUT2D eigenvalue weighted by atomic mass is 32.2. The molecular weight excluding hydrogens is 412 g/mol. The van der Waals surface area contributed by atoms with Gasteiger partial charge in [0.1, 0.15) is 10.5 Å². The zero-order chi connectivity index (χ0) is 20.9. The SMILES string of the molecule is CCOC(=O)CCCCSc1nc(SCCCCC(=O)OCC)c2[nH]cnc2n1. The van der Waals surface area contributed by atoms with Gasteiger partial charge in [-0.1, -0.05) is 11.8 Å². The highest BCUT2D eigenvalue weighted by Gasteiger charge is 2.11. The van der Waals surface area contributed by atoms with Crippen LogP contribution < -0.4 is 0 Å². The second-order valence-corrected chi connectivity index (χ2v) is 8.28. The lowest BCUT2D eigenvalue weighted by Crippen LogP contribution is -2.03. The fourth-order valence-corrected chi connectivity index (χ4v) is 4.38. The number of imidazole rings is 1. The zero-order valence-electron chi connectivity index (χ0n) is 16.9. The molecule has 0 fully saturated rings. The molecule has 0 unspecified atom stereocenters. The number of H-pyrrole nitrogens is 1. The molecule has 0 radical (unpaired) electrons. The average Bonchev–Trinajstić information content (AvgIpc) is 3.16. The number of fused-ring (bicyclic) bond motifs is 1. The first-order valence-corrected chi connectivity index (χ1v) is 11.9. The van der Waals surface area contributed by atoms with Gasteiger partial charge in [-0.15, -0.1) is 11.8 Å². The normalized spacial score (nSPS) is 11.0. The Bertz CT molecular complexity index is 785. The molecule has 0 aliphatic rings. The van der Waals surface area contributed by atoms with Crippen molar-refractivity contribution in [2.75, 3.05) is 24.7 Å². The average molecular weight is 441 g/mol. The van der Waals surface area contributed by atoms with Crippen LogP contribution in [0.5, 0.6) is 0 Å². The van der Waals surface area contributed by atoms with Gasteiger partial charge < -0.3 is 14.5 Å². The molecule has 0 aliphatic carbocycles. The smallest absolute Gasteiger partial charge is 0.305 e. The maximum Gasteiger partial charge on any atom is 0.305 e. The lowest BCUT2D eigenvalue weighted by molar-refractivity contribution is -0.144. The van der Waals surface area contributed by atoms with Crippen LogP contribution in [0.4, 0.5) is 0 Å². The molecule has 1 N–H and O–H groups in total. The molecule has 0 spiro atoms. The highest BCUT2D eigenvalue weighted by molar-refractivity contribution is 7.99. The van der Waals surface area contributed by atoms with Crippen LogP contribution in [0.1, 0.15) is 52.4 Å². The lowest BCUT2D eigenvalue weighted by atomic mass is 10.2. The standard InChI is InChI=1S/C19H28N4O4S2/c1-3-26-14(24)9-5-7-11-28-18-16-17(21-13-20-16)22-19(23-18)29-12-8-6-10-15(25)27-4-2/h13H,3-12H2,1-2H3,(H,20,21,22,23). The van der Waals surface area contributed by atoms with Gasteiger partial charge in [-0.3, -0.25) is 9.59 Å². The van der Waals surface area contributed by atoms with Crippen molar-refractivity contribution in [1.29, 1.82) is 0 Å². The Morgan fingerprint density at radius 2 is 1.55 bits per heavy atom. The van der Waals surface area contributed by atoms with Crippen molar-refractivity contribution in [3.8, 4) is 0 Å². The topological polar surface area (TPSA) is 107 Å². The summed E-state index contributed by atoms with van der Waals surface area (Å²) in [6.07, 6.45) is 5.90. The van der Waals surface area contributed by atoms with Crippen LogP contribution in [0.2, 0.25) is 0 Å². The minimum atomic E-state index is -0.145. The Morgan fingerprint density at radius 3 is 2.17 bits per heavy atom. The molecule has 10 heteroatoms. The number of hydrogen-bond donors (Lipinski definition) is 1. The van der Waals surface area contributed by atoms with E-state index in [4.69, 9.17) is 9.47 Å². The summed E-state index contributed by atoms with van der Waals surface area (Å²) in [5.41, 5.74) is 1.50. The third-order valence-electron chi connectivity index (χ3n) is 3.86. The second kappa shape index (κ2) is 13.4. The third-order valence-corrected chi connectivity index (χ3v) is 5.86. The third kappa shape index (κ3) is 8.61. The number of unbranched alkanes of at least 4 members (excludes halogenated alkanes) is 2. The molecule has 2 rings (SSSR count). The quantitative estimate of drug-likeness (QED) is 0.153. The minimum Gasteiger partial charge on any atom is -0.466 e. The van der Waals surface area contributed by atoms with Gasteiger partial charge in [0.25, 0.3) is 0 Å². The van der Waals surface area contributed by atoms with E-state index in [0.717, 1.165) is 47.7 Å². The fraction of sp³-hybridized carbons (Fsp3) is 0.632. The molecule has 8 nitrogen and oxygen atoms in total. The van der Waals surface area contributed by atoms with Crippen LogP contribution in [0.25, 0.3) is 11.2 Å². The molecule has 0 aliphatic heterocycles. The summed E-state index contributed by atoms with van der Waals surface area (Å²) in [7, 11) is 0. The van der Waals surface area contributed by atoms with E-state index in [1.165, 1.54) is 0 Å². The van der Waals surface area contributed by atoms with Gasteiger partial charge in [-0.05, 0) is 45.3 Å². The van der Waals surface area contributed by atoms with Crippen molar-refractivity contribution in [2.24, 2.45) is 0 Å². The van der Waals surface area contributed by atoms with Gasteiger partial charge in [0.05, 0.1) is 19.5 Å². The van der Waals surface area contributed by atoms with Crippen LogP contribution >= 0.6 is 23.5 Å². The number of aromatic nitrogens is 4. The van der Waals surface area contributed by atoms with Crippen LogP contribution in [0.15, 0.2) is 16.5 Å². The first-order valence-electron chi connectivity index (χ1n) is 9.92. The number of ether oxygens (including phenoxy) is 2. The molecule has 0 atom stereocenters. The predicted molar refractivity (Wildman–Crippen MR) is 114 cm³/mol. The summed E-state index contributed by atoms with van der Waals surface area (Å²) < 4.78 is 9.87. The molecule has 0 saturated heterocycles. The van der Waals surface area contributed by atoms with E-state index < -0.39 is 0 Å². The summed E-state index contributed by atoms with van der Waals surface area (Å²) in [5, 5.41) is 1.56. The maximum absolute atomic E-state index is 11.4. The minimum absolute atomic E-state index is 0.142. The molecule has 160 valence electrons. The number of nitrogens with one attached hydrogen (secondary N) is 1. The van der Waals surface area contributed by atoms with Gasteiger partial charge in [-0.2, -0.15) is 0 Å². The number of carbonyl (C=O) groups is 2. The van der Waals surface area contributed by atoms with Crippen molar-refractivity contribution in [1.82, 2.24) is 19.9 Å². The molecule has 0 aromatic carbocycles. The van der Waals surface area contributed by atoms with Crippen LogP contribution in [-0.2, 0) is 19.1 Å². The molecule has 29 heavy (non-hydrogen) atoms. The number of aromatic amines is 1. The van der Waals surface area contributed by atoms with Gasteiger partial charge in [0.15, 0.2) is 10.8 Å². The largest absolute Gasteiger partial charge is 0.466 e. The van der Waals surface area contributed by atoms with Crippen molar-refractivity contribution in [2.45, 2.75) is 62.6 Å². The highest BCUT2D eigenvalue weighted by Crippen LogP contribution is 2.27. The number of thioether (sulfide) groups is 2. The van der Waals surface area contributed by atoms with Crippen LogP contribution in [-0.4, -0.2) is 56.6 Å². The van der Waals surface area contributed by atoms with Crippen molar-refractivity contribution < 1.29 is 19.1 Å². The summed E-state index contributed by atoms with van der Waals surface area (Å²) in [4.78, 5) is 39.3. The lowest BCUT2D eigenvalue weighted by Gasteiger charge is -2.06. The van der Waals surface area contributed by atoms with Crippen LogP contribution in [0.3, 0.4) is 0 Å². The number of hydrogen-bond acceptors (Lipinski definition) is 9. The maximum atomic E-state index is 11.4. The predicted octanol–water partition coefficient (Wildman–Crippen LogP) is 4.00. The van der Waals surface area contributed by atoms with Crippen LogP contribution in [0, 0.1) is 0 Å². The van der Waals surface area contributed by atoms with Gasteiger partial charge in [-0.25, -0.2) is 15.0 Å². The summed E-state index contributed by atoms with van der Waals surface area (Å²) in [5.74, 6) is 1.40. The van der Waals surface area contributed by atoms with E-state index in [1.807, 2.05) is 13.8 Å². The molecule has 2 aromatic rings. The molecule has 0 bridgehead atoms. The number of rotatable bonds is 14. The van der Waals surface area contributed by atoms with Gasteiger partial charge in [0, 0.05) is 18.6 Å². The Labute approximate surface area is 179 Å². The summed E-state index contributed by atoms with van der Waals surface area (Å²) >= 11 is 3.21. The Balaban J connectivity index is 1.79. The molecular formula is C19H28N4O4S2. The molecule has 0 saturated carbocycles. The van der Waals surface area contributed by atoms with Gasteiger partial charge in [0.2, 0.25) is 0 Å². The van der Waals surface area contributed by atoms with E-state index >= 15 is 0 Å². The van der Waals surface area contributed by atoms with E-state index in [1.54, 1.807) is 29.9 Å².